The van der Waals surface area contributed by atoms with Gasteiger partial charge in [0.1, 0.15) is 23.0 Å². The van der Waals surface area contributed by atoms with Crippen LogP contribution in [0.25, 0.3) is 0 Å². The van der Waals surface area contributed by atoms with Gasteiger partial charge in [0.05, 0.1) is 43.8 Å². The molecular weight excluding hydrogens is 658 g/mol. The van der Waals surface area contributed by atoms with Gasteiger partial charge in [-0.3, -0.25) is 0 Å². The van der Waals surface area contributed by atoms with E-state index in [-0.39, 0.29) is 28.2 Å². The number of ether oxygens (including phenoxy) is 6. The van der Waals surface area contributed by atoms with Crippen molar-refractivity contribution >= 4 is 30.1 Å². The number of unbranched alkanes of at least 4 members (excludes halogenated alkanes) is 6. The smallest absolute Gasteiger partial charge is 0.384 e. The minimum Gasteiger partial charge on any atom is -0.494 e. The highest BCUT2D eigenvalue weighted by molar-refractivity contribution is 5.94. The molecule has 0 saturated carbocycles. The van der Waals surface area contributed by atoms with Crippen LogP contribution in [-0.2, 0) is 19.1 Å². The molecule has 0 bridgehead atoms. The number of hydrogen-bond acceptors (Lipinski definition) is 12. The van der Waals surface area contributed by atoms with Crippen LogP contribution < -0.4 is 18.9 Å². The molecule has 0 aromatic heterocycles. The molecule has 12 nitrogen and oxygen atoms in total. The molecule has 0 unspecified atom stereocenters. The van der Waals surface area contributed by atoms with Crippen LogP contribution in [0.4, 0.5) is 0 Å². The van der Waals surface area contributed by atoms with Gasteiger partial charge in [0.2, 0.25) is 0 Å². The maximum Gasteiger partial charge on any atom is 0.384 e. The summed E-state index contributed by atoms with van der Waals surface area (Å²) in [5.41, 5.74) is 0.757. The van der Waals surface area contributed by atoms with Crippen molar-refractivity contribution in [2.45, 2.75) is 51.4 Å². The van der Waals surface area contributed by atoms with Gasteiger partial charge in [-0.25, -0.2) is 19.2 Å². The Morgan fingerprint density at radius 1 is 0.667 bits per heavy atom. The first-order chi connectivity index (χ1) is 24.8. The monoisotopic (exact) mass is 699 g/mol. The highest BCUT2D eigenvalue weighted by atomic mass is 16.5. The number of benzene rings is 3. The van der Waals surface area contributed by atoms with Crippen LogP contribution in [0.2, 0.25) is 0 Å². The number of nitrogens with zero attached hydrogens (tertiary/aromatic N) is 1. The van der Waals surface area contributed by atoms with Crippen molar-refractivity contribution in [1.82, 2.24) is 0 Å². The van der Waals surface area contributed by atoms with Gasteiger partial charge in [0, 0.05) is 17.6 Å². The van der Waals surface area contributed by atoms with Gasteiger partial charge < -0.3 is 33.6 Å². The third-order valence-corrected chi connectivity index (χ3v) is 7.15. The zero-order chi connectivity index (χ0) is 36.7. The fourth-order valence-corrected chi connectivity index (χ4v) is 4.48. The molecule has 0 spiro atoms. The molecule has 3 aromatic carbocycles. The molecule has 1 N–H and O–H groups in total. The number of esters is 4. The summed E-state index contributed by atoms with van der Waals surface area (Å²) in [4.78, 5) is 47.6. The minimum atomic E-state index is -0.655. The second-order valence-electron chi connectivity index (χ2n) is 10.9. The Kier molecular flexibility index (Phi) is 17.4. The van der Waals surface area contributed by atoms with Crippen molar-refractivity contribution in [3.05, 3.63) is 96.1 Å². The number of carbonyl (C=O) groups excluding carboxylic acids is 4. The van der Waals surface area contributed by atoms with Gasteiger partial charge in [0.25, 0.3) is 0 Å². The molecule has 12 heteroatoms. The predicted octanol–water partition coefficient (Wildman–Crippen LogP) is 6.72. The highest BCUT2D eigenvalue weighted by Crippen LogP contribution is 2.26. The van der Waals surface area contributed by atoms with E-state index in [0.717, 1.165) is 63.7 Å². The van der Waals surface area contributed by atoms with E-state index in [4.69, 9.17) is 34.8 Å². The Morgan fingerprint density at radius 2 is 1.16 bits per heavy atom. The molecule has 0 atom stereocenters. The van der Waals surface area contributed by atoms with Crippen molar-refractivity contribution < 1.29 is 52.8 Å². The molecule has 0 saturated heterocycles. The molecule has 0 heterocycles. The quantitative estimate of drug-likeness (QED) is 0.0137. The van der Waals surface area contributed by atoms with E-state index >= 15 is 0 Å². The Hall–Kier alpha value is -6.09. The summed E-state index contributed by atoms with van der Waals surface area (Å²) in [5, 5.41) is 12.2. The van der Waals surface area contributed by atoms with Crippen LogP contribution in [0, 0.1) is 12.3 Å². The molecule has 0 radical (unpaired) electrons. The van der Waals surface area contributed by atoms with E-state index in [1.165, 1.54) is 18.2 Å². The minimum absolute atomic E-state index is 0.0889. The van der Waals surface area contributed by atoms with Crippen LogP contribution in [0.1, 0.15) is 77.6 Å². The topological polar surface area (TPSA) is 156 Å². The predicted molar refractivity (Wildman–Crippen MR) is 187 cm³/mol. The number of carbonyl (C=O) groups is 4. The Bertz CT molecular complexity index is 1660. The van der Waals surface area contributed by atoms with Crippen LogP contribution in [0.15, 0.2) is 84.5 Å². The van der Waals surface area contributed by atoms with Crippen molar-refractivity contribution in [1.29, 1.82) is 0 Å². The summed E-state index contributed by atoms with van der Waals surface area (Å²) in [6.45, 7) is 5.00. The molecule has 0 aliphatic heterocycles. The third kappa shape index (κ3) is 14.9. The van der Waals surface area contributed by atoms with E-state index in [0.29, 0.717) is 37.9 Å². The largest absolute Gasteiger partial charge is 0.494 e. The van der Waals surface area contributed by atoms with Crippen LogP contribution in [-0.4, -0.2) is 61.7 Å². The van der Waals surface area contributed by atoms with Crippen molar-refractivity contribution in [2.75, 3.05) is 26.4 Å². The molecule has 0 aliphatic carbocycles. The first-order valence-electron chi connectivity index (χ1n) is 16.5. The van der Waals surface area contributed by atoms with Crippen molar-refractivity contribution in [3.8, 4) is 35.3 Å². The first kappa shape index (κ1) is 39.3. The van der Waals surface area contributed by atoms with Gasteiger partial charge in [-0.05, 0) is 118 Å². The molecule has 51 heavy (non-hydrogen) atoms. The second kappa shape index (κ2) is 22.5. The lowest BCUT2D eigenvalue weighted by atomic mass is 10.2. The number of terminal acetylenes is 1. The molecule has 268 valence electrons. The van der Waals surface area contributed by atoms with Crippen LogP contribution in [0.3, 0.4) is 0 Å². The molecule has 0 aliphatic rings. The summed E-state index contributed by atoms with van der Waals surface area (Å²) >= 11 is 0. The number of oxime groups is 1. The average molecular weight is 700 g/mol. The van der Waals surface area contributed by atoms with E-state index in [9.17, 15) is 24.4 Å². The van der Waals surface area contributed by atoms with E-state index in [1.807, 2.05) is 5.92 Å². The van der Waals surface area contributed by atoms with E-state index in [2.05, 4.69) is 11.7 Å². The fourth-order valence-electron chi connectivity index (χ4n) is 4.48. The lowest BCUT2D eigenvalue weighted by Gasteiger charge is -2.11. The Morgan fingerprint density at radius 3 is 1.67 bits per heavy atom. The van der Waals surface area contributed by atoms with Gasteiger partial charge in [-0.1, -0.05) is 11.7 Å². The Balaban J connectivity index is 1.42. The lowest BCUT2D eigenvalue weighted by molar-refractivity contribution is -0.138. The molecule has 0 fully saturated rings. The second-order valence-corrected chi connectivity index (χ2v) is 10.9. The zero-order valence-corrected chi connectivity index (χ0v) is 28.3. The standard InChI is InChI=1S/C39H41NO11/c1-3-36(41)48-25-11-7-5-9-23-46-32-17-13-29(14-18-32)38(43)50-34-21-22-35(31(27-34)28-40-45)51-39(44)30-15-19-33(20-16-30)47-24-10-6-8-12-26-49-37(42)4-2/h1,4,13-22,27-28,45H,2,5-12,23-26H2/b40-28+. The molecule has 3 rings (SSSR count). The molecule has 0 amide bonds. The van der Waals surface area contributed by atoms with Crippen molar-refractivity contribution in [2.24, 2.45) is 5.16 Å². The maximum atomic E-state index is 12.8. The first-order valence-corrected chi connectivity index (χ1v) is 16.5. The fraction of sp³-hybridized carbons (Fsp3) is 0.308. The zero-order valence-electron chi connectivity index (χ0n) is 28.3. The van der Waals surface area contributed by atoms with E-state index in [1.54, 1.807) is 48.5 Å². The summed E-state index contributed by atoms with van der Waals surface area (Å²) in [7, 11) is 0. The number of hydrogen-bond donors (Lipinski definition) is 1. The summed E-state index contributed by atoms with van der Waals surface area (Å²) < 4.78 is 32.2. The summed E-state index contributed by atoms with van der Waals surface area (Å²) in [6.07, 6.45) is 13.8. The van der Waals surface area contributed by atoms with Crippen LogP contribution in [0.5, 0.6) is 23.0 Å². The van der Waals surface area contributed by atoms with Gasteiger partial charge in [-0.2, -0.15) is 0 Å². The summed E-state index contributed by atoms with van der Waals surface area (Å²) in [6, 6.07) is 17.2. The molecule has 3 aromatic rings. The van der Waals surface area contributed by atoms with Gasteiger partial charge in [0.15, 0.2) is 0 Å². The third-order valence-electron chi connectivity index (χ3n) is 7.15. The van der Waals surface area contributed by atoms with Crippen LogP contribution >= 0.6 is 0 Å². The SMILES string of the molecule is C#CC(=O)OCCCCCCOc1ccc(C(=O)Oc2ccc(OC(=O)c3ccc(OCCCCCCOC(=O)C=C)cc3)c(/C=N/O)c2)cc1. The highest BCUT2D eigenvalue weighted by Gasteiger charge is 2.15. The average Bonchev–Trinajstić information content (AvgIpc) is 3.15. The van der Waals surface area contributed by atoms with Gasteiger partial charge >= 0.3 is 23.9 Å². The van der Waals surface area contributed by atoms with Gasteiger partial charge in [-0.15, -0.1) is 6.42 Å². The summed E-state index contributed by atoms with van der Waals surface area (Å²) in [5.74, 6) is 0.967. The van der Waals surface area contributed by atoms with Crippen molar-refractivity contribution in [3.63, 3.8) is 0 Å². The molecular formula is C39H41NO11. The lowest BCUT2D eigenvalue weighted by Crippen LogP contribution is -2.11. The Labute approximate surface area is 296 Å². The normalized spacial score (nSPS) is 10.5. The maximum absolute atomic E-state index is 12.8. The van der Waals surface area contributed by atoms with E-state index < -0.39 is 23.9 Å². The number of rotatable bonds is 22.